The monoisotopic (exact) mass is 306 g/mol. The van der Waals surface area contributed by atoms with E-state index in [2.05, 4.69) is 5.32 Å². The lowest BCUT2D eigenvalue weighted by Crippen LogP contribution is -2.46. The molecule has 7 heteroatoms. The molecule has 1 aromatic rings. The van der Waals surface area contributed by atoms with Crippen molar-refractivity contribution in [2.75, 3.05) is 37.8 Å². The molecule has 22 heavy (non-hydrogen) atoms. The van der Waals surface area contributed by atoms with Gasteiger partial charge < -0.3 is 16.0 Å². The zero-order chi connectivity index (χ0) is 16.7. The van der Waals surface area contributed by atoms with Crippen molar-refractivity contribution in [3.05, 3.63) is 24.3 Å². The van der Waals surface area contributed by atoms with Crippen LogP contribution >= 0.6 is 0 Å². The van der Waals surface area contributed by atoms with Gasteiger partial charge in [-0.2, -0.15) is 0 Å². The van der Waals surface area contributed by atoms with Gasteiger partial charge in [0.1, 0.15) is 0 Å². The van der Waals surface area contributed by atoms with E-state index in [1.54, 1.807) is 18.2 Å². The minimum absolute atomic E-state index is 0.279. The van der Waals surface area contributed by atoms with E-state index in [1.807, 2.05) is 19.0 Å². The third-order valence-corrected chi connectivity index (χ3v) is 2.91. The molecule has 0 saturated carbocycles. The molecule has 0 spiro atoms. The van der Waals surface area contributed by atoms with E-state index in [0.717, 1.165) is 11.4 Å². The van der Waals surface area contributed by atoms with Crippen molar-refractivity contribution in [2.24, 2.45) is 0 Å². The van der Waals surface area contributed by atoms with E-state index in [1.165, 1.54) is 13.0 Å². The molecule has 0 aliphatic heterocycles. The predicted molar refractivity (Wildman–Crippen MR) is 85.2 cm³/mol. The van der Waals surface area contributed by atoms with E-state index in [4.69, 9.17) is 5.73 Å². The van der Waals surface area contributed by atoms with Crippen LogP contribution in [0.4, 0.5) is 11.4 Å². The number of anilines is 2. The van der Waals surface area contributed by atoms with Crippen LogP contribution < -0.4 is 16.0 Å². The number of imide groups is 1. The molecule has 0 saturated heterocycles. The molecule has 0 heterocycles. The fourth-order valence-electron chi connectivity index (χ4n) is 1.88. The van der Waals surface area contributed by atoms with E-state index in [-0.39, 0.29) is 5.69 Å². The van der Waals surface area contributed by atoms with Gasteiger partial charge in [-0.05, 0) is 45.3 Å². The molecule has 120 valence electrons. The normalized spacial score (nSPS) is 10.4. The molecule has 0 radical (unpaired) electrons. The van der Waals surface area contributed by atoms with Crippen molar-refractivity contribution < 1.29 is 14.4 Å². The first-order valence-corrected chi connectivity index (χ1v) is 6.96. The molecular weight excluding hydrogens is 284 g/mol. The van der Waals surface area contributed by atoms with Crippen molar-refractivity contribution in [1.29, 1.82) is 0 Å². The number of nitrogens with two attached hydrogens (primary N) is 1. The SMILES string of the molecule is CC(=O)N(C(=O)C(=O)NCCCN(C)C)c1cccc(N)c1. The van der Waals surface area contributed by atoms with Crippen molar-refractivity contribution in [3.63, 3.8) is 0 Å². The van der Waals surface area contributed by atoms with Gasteiger partial charge in [0.15, 0.2) is 0 Å². The zero-order valence-electron chi connectivity index (χ0n) is 13.1. The van der Waals surface area contributed by atoms with Gasteiger partial charge >= 0.3 is 11.8 Å². The zero-order valence-corrected chi connectivity index (χ0v) is 13.1. The topological polar surface area (TPSA) is 95.7 Å². The average molecular weight is 306 g/mol. The van der Waals surface area contributed by atoms with E-state index in [9.17, 15) is 14.4 Å². The number of rotatable bonds is 5. The quantitative estimate of drug-likeness (QED) is 0.461. The highest BCUT2D eigenvalue weighted by Gasteiger charge is 2.26. The lowest BCUT2D eigenvalue weighted by Gasteiger charge is -2.19. The van der Waals surface area contributed by atoms with Crippen LogP contribution in [-0.4, -0.2) is 49.8 Å². The lowest BCUT2D eigenvalue weighted by atomic mass is 10.2. The van der Waals surface area contributed by atoms with Crippen LogP contribution in [0.25, 0.3) is 0 Å². The molecule has 0 aliphatic rings. The van der Waals surface area contributed by atoms with Crippen LogP contribution in [0.5, 0.6) is 0 Å². The standard InChI is InChI=1S/C15H22N4O3/c1-11(20)19(13-7-4-6-12(16)10-13)15(22)14(21)17-8-5-9-18(2)3/h4,6-7,10H,5,8-9,16H2,1-3H3,(H,17,21). The van der Waals surface area contributed by atoms with Gasteiger partial charge in [-0.25, -0.2) is 4.90 Å². The smallest absolute Gasteiger partial charge is 0.323 e. The van der Waals surface area contributed by atoms with Crippen LogP contribution in [0.2, 0.25) is 0 Å². The van der Waals surface area contributed by atoms with Crippen molar-refractivity contribution in [1.82, 2.24) is 10.2 Å². The number of hydrogen-bond donors (Lipinski definition) is 2. The summed E-state index contributed by atoms with van der Waals surface area (Å²) in [5.41, 5.74) is 6.33. The van der Waals surface area contributed by atoms with Gasteiger partial charge in [0, 0.05) is 19.2 Å². The Hall–Kier alpha value is -2.41. The highest BCUT2D eigenvalue weighted by atomic mass is 16.2. The Morgan fingerprint density at radius 2 is 1.91 bits per heavy atom. The molecular formula is C15H22N4O3. The summed E-state index contributed by atoms with van der Waals surface area (Å²) in [6.07, 6.45) is 0.713. The minimum Gasteiger partial charge on any atom is -0.399 e. The van der Waals surface area contributed by atoms with Crippen molar-refractivity contribution >= 4 is 29.1 Å². The number of carbonyl (C=O) groups is 3. The largest absolute Gasteiger partial charge is 0.399 e. The third-order valence-electron chi connectivity index (χ3n) is 2.91. The Bertz CT molecular complexity index is 557. The maximum absolute atomic E-state index is 12.2. The van der Waals surface area contributed by atoms with Gasteiger partial charge in [-0.3, -0.25) is 14.4 Å². The van der Waals surface area contributed by atoms with Gasteiger partial charge in [-0.1, -0.05) is 6.07 Å². The van der Waals surface area contributed by atoms with E-state index >= 15 is 0 Å². The summed E-state index contributed by atoms with van der Waals surface area (Å²) in [6, 6.07) is 6.27. The first-order chi connectivity index (χ1) is 10.3. The summed E-state index contributed by atoms with van der Waals surface area (Å²) in [7, 11) is 3.84. The molecule has 0 bridgehead atoms. The summed E-state index contributed by atoms with van der Waals surface area (Å²) in [5, 5.41) is 2.52. The highest BCUT2D eigenvalue weighted by molar-refractivity contribution is 6.45. The second kappa shape index (κ2) is 8.14. The molecule has 7 nitrogen and oxygen atoms in total. The first-order valence-electron chi connectivity index (χ1n) is 6.96. The Balaban J connectivity index is 2.73. The molecule has 3 N–H and O–H groups in total. The van der Waals surface area contributed by atoms with E-state index in [0.29, 0.717) is 18.7 Å². The number of benzene rings is 1. The first kappa shape index (κ1) is 17.6. The Kier molecular flexibility index (Phi) is 6.52. The van der Waals surface area contributed by atoms with Crippen LogP contribution in [0.1, 0.15) is 13.3 Å². The van der Waals surface area contributed by atoms with Gasteiger partial charge in [-0.15, -0.1) is 0 Å². The summed E-state index contributed by atoms with van der Waals surface area (Å²) in [6.45, 7) is 2.38. The molecule has 1 aromatic carbocycles. The summed E-state index contributed by atoms with van der Waals surface area (Å²) < 4.78 is 0. The van der Waals surface area contributed by atoms with Crippen LogP contribution in [-0.2, 0) is 14.4 Å². The minimum atomic E-state index is -0.914. The molecule has 0 aromatic heterocycles. The number of nitrogens with zero attached hydrogens (tertiary/aromatic N) is 2. The van der Waals surface area contributed by atoms with Crippen LogP contribution in [0.3, 0.4) is 0 Å². The van der Waals surface area contributed by atoms with Gasteiger partial charge in [0.05, 0.1) is 5.69 Å². The van der Waals surface area contributed by atoms with Crippen LogP contribution in [0.15, 0.2) is 24.3 Å². The summed E-state index contributed by atoms with van der Waals surface area (Å²) >= 11 is 0. The van der Waals surface area contributed by atoms with Gasteiger partial charge in [0.25, 0.3) is 0 Å². The Labute approximate surface area is 130 Å². The number of nitrogens with one attached hydrogen (secondary N) is 1. The fraction of sp³-hybridized carbons (Fsp3) is 0.400. The second-order valence-corrected chi connectivity index (χ2v) is 5.17. The maximum Gasteiger partial charge on any atom is 0.323 e. The van der Waals surface area contributed by atoms with Crippen molar-refractivity contribution in [2.45, 2.75) is 13.3 Å². The predicted octanol–water partition coefficient (Wildman–Crippen LogP) is 0.216. The number of hydrogen-bond acceptors (Lipinski definition) is 5. The molecule has 1 rings (SSSR count). The summed E-state index contributed by atoms with van der Waals surface area (Å²) in [4.78, 5) is 38.5. The average Bonchev–Trinajstić information content (AvgIpc) is 2.43. The van der Waals surface area contributed by atoms with E-state index < -0.39 is 17.7 Å². The molecule has 0 unspecified atom stereocenters. The summed E-state index contributed by atoms with van der Waals surface area (Å²) in [5.74, 6) is -2.27. The van der Waals surface area contributed by atoms with Crippen molar-refractivity contribution in [3.8, 4) is 0 Å². The molecule has 0 aliphatic carbocycles. The molecule has 0 fully saturated rings. The fourth-order valence-corrected chi connectivity index (χ4v) is 1.88. The highest BCUT2D eigenvalue weighted by Crippen LogP contribution is 2.18. The molecule has 0 atom stereocenters. The second-order valence-electron chi connectivity index (χ2n) is 5.17. The number of nitrogen functional groups attached to an aromatic ring is 1. The number of amides is 3. The molecule has 3 amide bonds. The lowest BCUT2D eigenvalue weighted by molar-refractivity contribution is -0.139. The Morgan fingerprint density at radius 1 is 1.23 bits per heavy atom. The number of carbonyl (C=O) groups excluding carboxylic acids is 3. The third kappa shape index (κ3) is 5.17. The Morgan fingerprint density at radius 3 is 2.45 bits per heavy atom. The van der Waals surface area contributed by atoms with Gasteiger partial charge in [0.2, 0.25) is 5.91 Å². The maximum atomic E-state index is 12.2. The van der Waals surface area contributed by atoms with Crippen LogP contribution in [0, 0.1) is 0 Å².